The van der Waals surface area contributed by atoms with E-state index in [-0.39, 0.29) is 6.54 Å². The number of aliphatic hydroxyl groups is 1. The van der Waals surface area contributed by atoms with Crippen molar-refractivity contribution in [2.75, 3.05) is 26.2 Å². The molecule has 0 spiro atoms. The minimum absolute atomic E-state index is 0.205. The molecule has 1 heterocycles. The maximum atomic E-state index is 12.8. The quantitative estimate of drug-likeness (QED) is 0.564. The number of morpholine rings is 1. The normalized spacial score (nSPS) is 18.4. The van der Waals surface area contributed by atoms with Gasteiger partial charge in [0.05, 0.1) is 13.2 Å². The fourth-order valence-corrected chi connectivity index (χ4v) is 4.68. The van der Waals surface area contributed by atoms with Crippen LogP contribution in [-0.4, -0.2) is 54.0 Å². The van der Waals surface area contributed by atoms with Crippen LogP contribution in [0.15, 0.2) is 42.5 Å². The van der Waals surface area contributed by atoms with Gasteiger partial charge in [-0.15, -0.1) is 0 Å². The number of nitrogens with zero attached hydrogens (tertiary/aromatic N) is 1. The summed E-state index contributed by atoms with van der Waals surface area (Å²) in [5.41, 5.74) is 7.41. The van der Waals surface area contributed by atoms with Gasteiger partial charge in [-0.05, 0) is 69.3 Å². The summed E-state index contributed by atoms with van der Waals surface area (Å²) in [6.07, 6.45) is 0.776. The lowest BCUT2D eigenvalue weighted by Crippen LogP contribution is -2.55. The molecule has 0 radical (unpaired) electrons. The summed E-state index contributed by atoms with van der Waals surface area (Å²) in [6.45, 7) is 8.94. The predicted octanol–water partition coefficient (Wildman–Crippen LogP) is 5.13. The summed E-state index contributed by atoms with van der Waals surface area (Å²) in [5, 5.41) is 12.8. The monoisotopic (exact) mass is 488 g/mol. The molecule has 0 unspecified atom stereocenters. The van der Waals surface area contributed by atoms with Crippen LogP contribution in [0.25, 0.3) is 11.1 Å². The number of amides is 1. The molecule has 1 amide bonds. The molecule has 1 saturated heterocycles. The number of aryl methyl sites for hydroxylation is 1. The van der Waals surface area contributed by atoms with Gasteiger partial charge in [0.25, 0.3) is 0 Å². The number of rotatable bonds is 7. The largest absolute Gasteiger partial charge is 0.444 e. The van der Waals surface area contributed by atoms with Gasteiger partial charge >= 0.3 is 6.09 Å². The molecule has 0 aromatic heterocycles. The van der Waals surface area contributed by atoms with Crippen molar-refractivity contribution in [3.63, 3.8) is 0 Å². The van der Waals surface area contributed by atoms with Gasteiger partial charge < -0.3 is 25.2 Å². The second-order valence-electron chi connectivity index (χ2n) is 9.82. The van der Waals surface area contributed by atoms with Crippen molar-refractivity contribution in [3.8, 4) is 11.1 Å². The fourth-order valence-electron chi connectivity index (χ4n) is 4.40. The van der Waals surface area contributed by atoms with Crippen LogP contribution in [0.4, 0.5) is 4.79 Å². The van der Waals surface area contributed by atoms with Crippen LogP contribution in [0.2, 0.25) is 5.02 Å². The number of hydrogen-bond acceptors (Lipinski definition) is 5. The lowest BCUT2D eigenvalue weighted by molar-refractivity contribution is -0.150. The van der Waals surface area contributed by atoms with E-state index in [1.807, 2.05) is 51.1 Å². The van der Waals surface area contributed by atoms with Crippen molar-refractivity contribution >= 4 is 17.7 Å². The average Bonchev–Trinajstić information content (AvgIpc) is 2.81. The maximum Gasteiger partial charge on any atom is 0.410 e. The number of ether oxygens (including phenoxy) is 2. The maximum absolute atomic E-state index is 12.8. The van der Waals surface area contributed by atoms with E-state index in [1.165, 1.54) is 5.56 Å². The first-order valence-corrected chi connectivity index (χ1v) is 12.4. The lowest BCUT2D eigenvalue weighted by atomic mass is 9.79. The molecule has 0 saturated carbocycles. The Bertz CT molecular complexity index is 991. The van der Waals surface area contributed by atoms with Crippen molar-refractivity contribution in [3.05, 3.63) is 58.6 Å². The number of nitrogens with two attached hydrogens (primary N) is 1. The molecule has 2 aromatic rings. The Morgan fingerprint density at radius 1 is 1.26 bits per heavy atom. The van der Waals surface area contributed by atoms with Gasteiger partial charge in [0.2, 0.25) is 0 Å². The van der Waals surface area contributed by atoms with Crippen LogP contribution >= 0.6 is 11.6 Å². The standard InChI is InChI=1S/C27H37ClN2O4/c1-5-19-9-6-10-20(17-19)24-21(11-7-12-22(24)28)27(32,13-8-14-29)23-18-30(15-16-33-23)25(31)34-26(2,3)4/h6-7,9-12,17,23,32H,5,8,13-16,18,29H2,1-4H3/t23-,27-/m1/s1. The van der Waals surface area contributed by atoms with E-state index in [1.54, 1.807) is 4.90 Å². The highest BCUT2D eigenvalue weighted by molar-refractivity contribution is 6.33. The first-order valence-electron chi connectivity index (χ1n) is 12.0. The number of benzene rings is 2. The third-order valence-electron chi connectivity index (χ3n) is 6.12. The smallest absolute Gasteiger partial charge is 0.410 e. The third-order valence-corrected chi connectivity index (χ3v) is 6.43. The van der Waals surface area contributed by atoms with Crippen LogP contribution in [-0.2, 0) is 21.5 Å². The van der Waals surface area contributed by atoms with Crippen molar-refractivity contribution in [2.24, 2.45) is 5.73 Å². The van der Waals surface area contributed by atoms with Crippen molar-refractivity contribution in [2.45, 2.75) is 64.3 Å². The Morgan fingerprint density at radius 2 is 2.00 bits per heavy atom. The molecule has 3 rings (SSSR count). The summed E-state index contributed by atoms with van der Waals surface area (Å²) < 4.78 is 11.7. The van der Waals surface area contributed by atoms with Crippen LogP contribution in [0.1, 0.15) is 51.7 Å². The van der Waals surface area contributed by atoms with E-state index in [0.29, 0.717) is 43.1 Å². The molecule has 7 heteroatoms. The summed E-state index contributed by atoms with van der Waals surface area (Å²) >= 11 is 6.73. The molecular formula is C27H37ClN2O4. The van der Waals surface area contributed by atoms with E-state index in [9.17, 15) is 9.90 Å². The molecule has 6 nitrogen and oxygen atoms in total. The van der Waals surface area contributed by atoms with Gasteiger partial charge in [-0.1, -0.05) is 54.9 Å². The Balaban J connectivity index is 2.04. The molecule has 186 valence electrons. The minimum Gasteiger partial charge on any atom is -0.444 e. The predicted molar refractivity (Wildman–Crippen MR) is 136 cm³/mol. The van der Waals surface area contributed by atoms with Crippen LogP contribution in [0, 0.1) is 0 Å². The number of halogens is 1. The van der Waals surface area contributed by atoms with Crippen molar-refractivity contribution < 1.29 is 19.4 Å². The van der Waals surface area contributed by atoms with E-state index in [4.69, 9.17) is 26.8 Å². The second-order valence-corrected chi connectivity index (χ2v) is 10.2. The topological polar surface area (TPSA) is 85.0 Å². The molecule has 0 aliphatic carbocycles. The Hall–Kier alpha value is -2.12. The molecule has 2 aromatic carbocycles. The lowest BCUT2D eigenvalue weighted by Gasteiger charge is -2.43. The summed E-state index contributed by atoms with van der Waals surface area (Å²) in [5.74, 6) is 0. The Kier molecular flexibility index (Phi) is 8.63. The van der Waals surface area contributed by atoms with Crippen LogP contribution < -0.4 is 5.73 Å². The van der Waals surface area contributed by atoms with Crippen molar-refractivity contribution in [1.29, 1.82) is 0 Å². The van der Waals surface area contributed by atoms with Gasteiger partial charge in [-0.3, -0.25) is 0 Å². The SMILES string of the molecule is CCc1cccc(-c2c(Cl)cccc2[C@](O)(CCCN)[C@H]2CN(C(=O)OC(C)(C)C)CCO2)c1. The average molecular weight is 489 g/mol. The molecular weight excluding hydrogens is 452 g/mol. The first-order chi connectivity index (χ1) is 16.1. The van der Waals surface area contributed by atoms with Gasteiger partial charge in [0, 0.05) is 17.1 Å². The first kappa shape index (κ1) is 26.5. The van der Waals surface area contributed by atoms with Gasteiger partial charge in [0.15, 0.2) is 0 Å². The Labute approximate surface area is 208 Å². The minimum atomic E-state index is -1.40. The zero-order valence-electron chi connectivity index (χ0n) is 20.6. The molecule has 1 aliphatic rings. The highest BCUT2D eigenvalue weighted by Crippen LogP contribution is 2.42. The van der Waals surface area contributed by atoms with E-state index in [2.05, 4.69) is 19.1 Å². The number of carbonyl (C=O) groups is 1. The third kappa shape index (κ3) is 6.11. The van der Waals surface area contributed by atoms with E-state index in [0.717, 1.165) is 17.5 Å². The van der Waals surface area contributed by atoms with Gasteiger partial charge in [-0.25, -0.2) is 4.79 Å². The zero-order valence-corrected chi connectivity index (χ0v) is 21.4. The highest BCUT2D eigenvalue weighted by Gasteiger charge is 2.44. The van der Waals surface area contributed by atoms with Gasteiger partial charge in [0.1, 0.15) is 17.3 Å². The van der Waals surface area contributed by atoms with E-state index >= 15 is 0 Å². The van der Waals surface area contributed by atoms with Crippen molar-refractivity contribution in [1.82, 2.24) is 4.90 Å². The number of carbonyl (C=O) groups excluding carboxylic acids is 1. The Morgan fingerprint density at radius 3 is 2.68 bits per heavy atom. The second kappa shape index (κ2) is 11.1. The molecule has 34 heavy (non-hydrogen) atoms. The summed E-state index contributed by atoms with van der Waals surface area (Å²) in [4.78, 5) is 14.4. The summed E-state index contributed by atoms with van der Waals surface area (Å²) in [6, 6.07) is 13.7. The molecule has 1 fully saturated rings. The molecule has 3 N–H and O–H groups in total. The molecule has 2 atom stereocenters. The van der Waals surface area contributed by atoms with Crippen LogP contribution in [0.5, 0.6) is 0 Å². The zero-order chi connectivity index (χ0) is 24.9. The highest BCUT2D eigenvalue weighted by atomic mass is 35.5. The van der Waals surface area contributed by atoms with Gasteiger partial charge in [-0.2, -0.15) is 0 Å². The molecule has 1 aliphatic heterocycles. The van der Waals surface area contributed by atoms with Crippen LogP contribution in [0.3, 0.4) is 0 Å². The number of hydrogen-bond donors (Lipinski definition) is 2. The molecule has 0 bridgehead atoms. The summed E-state index contributed by atoms with van der Waals surface area (Å²) in [7, 11) is 0. The van der Waals surface area contributed by atoms with E-state index < -0.39 is 23.4 Å². The fraction of sp³-hybridized carbons (Fsp3) is 0.519.